The molecule has 1 heterocycles. The summed E-state index contributed by atoms with van der Waals surface area (Å²) < 4.78 is 5.17. The first-order chi connectivity index (χ1) is 4.27. The van der Waals surface area contributed by atoms with Gasteiger partial charge in [0.2, 0.25) is 0 Å². The van der Waals surface area contributed by atoms with Gasteiger partial charge in [0.15, 0.2) is 0 Å². The summed E-state index contributed by atoms with van der Waals surface area (Å²) >= 11 is 0. The van der Waals surface area contributed by atoms with E-state index in [4.69, 9.17) is 10.6 Å². The maximum Gasteiger partial charge on any atom is 0.0484 e. The van der Waals surface area contributed by atoms with Crippen LogP contribution < -0.4 is 11.3 Å². The third kappa shape index (κ3) is 2.42. The molecule has 0 unspecified atom stereocenters. The van der Waals surface area contributed by atoms with Crippen LogP contribution in [0.25, 0.3) is 0 Å². The van der Waals surface area contributed by atoms with E-state index in [2.05, 4.69) is 12.3 Å². The standard InChI is InChI=1S/C6H14N2O.ClH/c1-6(8-7)2-4-9-5-3-6;/h8H,2-5,7H2,1H3;1H. The number of rotatable bonds is 1. The van der Waals surface area contributed by atoms with Crippen molar-refractivity contribution in [2.24, 2.45) is 5.84 Å². The lowest BCUT2D eigenvalue weighted by atomic mass is 9.94. The Hall–Kier alpha value is 0.170. The van der Waals surface area contributed by atoms with Crippen LogP contribution in [0.5, 0.6) is 0 Å². The van der Waals surface area contributed by atoms with Crippen LogP contribution in [0.2, 0.25) is 0 Å². The molecule has 1 saturated heterocycles. The Morgan fingerprint density at radius 2 is 1.90 bits per heavy atom. The molecule has 0 aromatic rings. The molecule has 10 heavy (non-hydrogen) atoms. The molecule has 1 aliphatic rings. The molecular formula is C6H15ClN2O. The van der Waals surface area contributed by atoms with Gasteiger partial charge in [-0.3, -0.25) is 11.3 Å². The molecule has 62 valence electrons. The van der Waals surface area contributed by atoms with Crippen molar-refractivity contribution in [1.82, 2.24) is 5.43 Å². The van der Waals surface area contributed by atoms with Gasteiger partial charge in [-0.15, -0.1) is 12.4 Å². The number of ether oxygens (including phenoxy) is 1. The number of hydrogen-bond donors (Lipinski definition) is 2. The largest absolute Gasteiger partial charge is 0.381 e. The molecule has 1 aliphatic heterocycles. The van der Waals surface area contributed by atoms with Crippen molar-refractivity contribution in [1.29, 1.82) is 0 Å². The van der Waals surface area contributed by atoms with Crippen LogP contribution in [0.4, 0.5) is 0 Å². The molecule has 4 heteroatoms. The molecule has 0 amide bonds. The Bertz CT molecular complexity index is 93.7. The number of nitrogens with two attached hydrogens (primary N) is 1. The van der Waals surface area contributed by atoms with Gasteiger partial charge >= 0.3 is 0 Å². The number of halogens is 1. The van der Waals surface area contributed by atoms with E-state index in [1.54, 1.807) is 0 Å². The lowest BCUT2D eigenvalue weighted by molar-refractivity contribution is 0.0454. The van der Waals surface area contributed by atoms with Crippen molar-refractivity contribution in [2.75, 3.05) is 13.2 Å². The molecule has 0 radical (unpaired) electrons. The summed E-state index contributed by atoms with van der Waals surface area (Å²) in [6, 6.07) is 0. The fourth-order valence-electron chi connectivity index (χ4n) is 0.966. The monoisotopic (exact) mass is 166 g/mol. The fourth-order valence-corrected chi connectivity index (χ4v) is 0.966. The minimum atomic E-state index is 0. The van der Waals surface area contributed by atoms with Gasteiger partial charge in [-0.1, -0.05) is 0 Å². The van der Waals surface area contributed by atoms with E-state index in [1.165, 1.54) is 0 Å². The molecule has 0 aromatic carbocycles. The second-order valence-electron chi connectivity index (χ2n) is 2.82. The maximum absolute atomic E-state index is 5.33. The van der Waals surface area contributed by atoms with Crippen LogP contribution in [-0.2, 0) is 4.74 Å². The first-order valence-corrected chi connectivity index (χ1v) is 3.32. The average molecular weight is 167 g/mol. The van der Waals surface area contributed by atoms with E-state index in [-0.39, 0.29) is 17.9 Å². The zero-order chi connectivity index (χ0) is 6.74. The normalized spacial score (nSPS) is 23.4. The van der Waals surface area contributed by atoms with Crippen LogP contribution >= 0.6 is 12.4 Å². The molecule has 3 N–H and O–H groups in total. The van der Waals surface area contributed by atoms with E-state index < -0.39 is 0 Å². The lowest BCUT2D eigenvalue weighted by Gasteiger charge is -2.32. The van der Waals surface area contributed by atoms with E-state index in [9.17, 15) is 0 Å². The molecule has 1 fully saturated rings. The summed E-state index contributed by atoms with van der Waals surface area (Å²) in [6.45, 7) is 3.79. The lowest BCUT2D eigenvalue weighted by Crippen LogP contribution is -2.50. The smallest absolute Gasteiger partial charge is 0.0484 e. The van der Waals surface area contributed by atoms with E-state index >= 15 is 0 Å². The first kappa shape index (κ1) is 10.2. The number of nitrogens with one attached hydrogen (secondary N) is 1. The summed E-state index contributed by atoms with van der Waals surface area (Å²) in [4.78, 5) is 0. The first-order valence-electron chi connectivity index (χ1n) is 3.32. The van der Waals surface area contributed by atoms with Crippen molar-refractivity contribution >= 4 is 12.4 Å². The van der Waals surface area contributed by atoms with Crippen LogP contribution in [-0.4, -0.2) is 18.8 Å². The van der Waals surface area contributed by atoms with Gasteiger partial charge in [0.25, 0.3) is 0 Å². The Morgan fingerprint density at radius 1 is 1.40 bits per heavy atom. The third-order valence-corrected chi connectivity index (χ3v) is 1.94. The second kappa shape index (κ2) is 4.13. The van der Waals surface area contributed by atoms with Gasteiger partial charge in [-0.25, -0.2) is 0 Å². The molecule has 0 atom stereocenters. The molecule has 3 nitrogen and oxygen atoms in total. The highest BCUT2D eigenvalue weighted by Crippen LogP contribution is 2.17. The predicted octanol–water partition coefficient (Wildman–Crippen LogP) is 0.441. The predicted molar refractivity (Wildman–Crippen MR) is 43.0 cm³/mol. The summed E-state index contributed by atoms with van der Waals surface area (Å²) in [5, 5.41) is 0. The van der Waals surface area contributed by atoms with Crippen molar-refractivity contribution < 1.29 is 4.74 Å². The van der Waals surface area contributed by atoms with Crippen molar-refractivity contribution in [3.8, 4) is 0 Å². The summed E-state index contributed by atoms with van der Waals surface area (Å²) in [7, 11) is 0. The van der Waals surface area contributed by atoms with Gasteiger partial charge in [0, 0.05) is 18.8 Å². The molecule has 0 aliphatic carbocycles. The number of hydrogen-bond acceptors (Lipinski definition) is 3. The molecule has 0 bridgehead atoms. The summed E-state index contributed by atoms with van der Waals surface area (Å²) in [6.07, 6.45) is 2.03. The Morgan fingerprint density at radius 3 is 2.20 bits per heavy atom. The topological polar surface area (TPSA) is 47.3 Å². The summed E-state index contributed by atoms with van der Waals surface area (Å²) in [5.74, 6) is 5.33. The average Bonchev–Trinajstić information content (AvgIpc) is 1.90. The maximum atomic E-state index is 5.33. The van der Waals surface area contributed by atoms with Crippen molar-refractivity contribution in [3.05, 3.63) is 0 Å². The van der Waals surface area contributed by atoms with Gasteiger partial charge in [-0.05, 0) is 19.8 Å². The Balaban J connectivity index is 0.000000810. The van der Waals surface area contributed by atoms with Crippen LogP contribution in [0.15, 0.2) is 0 Å². The van der Waals surface area contributed by atoms with Crippen molar-refractivity contribution in [2.45, 2.75) is 25.3 Å². The van der Waals surface area contributed by atoms with Crippen LogP contribution in [0.1, 0.15) is 19.8 Å². The summed E-state index contributed by atoms with van der Waals surface area (Å²) in [5.41, 5.74) is 2.92. The zero-order valence-corrected chi connectivity index (χ0v) is 7.04. The molecule has 0 saturated carbocycles. The minimum absolute atomic E-state index is 0. The molecule has 0 aromatic heterocycles. The van der Waals surface area contributed by atoms with Gasteiger partial charge < -0.3 is 4.74 Å². The quantitative estimate of drug-likeness (QED) is 0.439. The SMILES string of the molecule is CC1(NN)CCOCC1.Cl. The highest BCUT2D eigenvalue weighted by atomic mass is 35.5. The molecular weight excluding hydrogens is 152 g/mol. The highest BCUT2D eigenvalue weighted by Gasteiger charge is 2.24. The van der Waals surface area contributed by atoms with Gasteiger partial charge in [-0.2, -0.15) is 0 Å². The fraction of sp³-hybridized carbons (Fsp3) is 1.00. The van der Waals surface area contributed by atoms with Crippen molar-refractivity contribution in [3.63, 3.8) is 0 Å². The minimum Gasteiger partial charge on any atom is -0.381 e. The van der Waals surface area contributed by atoms with E-state index in [0.29, 0.717) is 0 Å². The van der Waals surface area contributed by atoms with Gasteiger partial charge in [0.05, 0.1) is 0 Å². The Labute approximate surface area is 67.7 Å². The van der Waals surface area contributed by atoms with E-state index in [1.807, 2.05) is 0 Å². The Kier molecular flexibility index (Phi) is 4.20. The van der Waals surface area contributed by atoms with Crippen LogP contribution in [0, 0.1) is 0 Å². The molecule has 1 rings (SSSR count). The number of hydrazine groups is 1. The van der Waals surface area contributed by atoms with E-state index in [0.717, 1.165) is 26.1 Å². The van der Waals surface area contributed by atoms with Crippen LogP contribution in [0.3, 0.4) is 0 Å². The third-order valence-electron chi connectivity index (χ3n) is 1.94. The molecule has 0 spiro atoms. The zero-order valence-electron chi connectivity index (χ0n) is 6.22. The second-order valence-corrected chi connectivity index (χ2v) is 2.82. The van der Waals surface area contributed by atoms with Gasteiger partial charge in [0.1, 0.15) is 0 Å². The highest BCUT2D eigenvalue weighted by molar-refractivity contribution is 5.85.